The molecule has 1 N–H and O–H groups in total. The highest BCUT2D eigenvalue weighted by atomic mass is 19.1. The van der Waals surface area contributed by atoms with Gasteiger partial charge in [0.15, 0.2) is 5.82 Å². The van der Waals surface area contributed by atoms with Crippen molar-refractivity contribution in [3.8, 4) is 0 Å². The van der Waals surface area contributed by atoms with Crippen molar-refractivity contribution in [2.24, 2.45) is 0 Å². The number of hydrogen-bond donors (Lipinski definition) is 1. The Morgan fingerprint density at radius 1 is 1.38 bits per heavy atom. The smallest absolute Gasteiger partial charge is 0.222 e. The molecule has 0 amide bonds. The third kappa shape index (κ3) is 4.53. The van der Waals surface area contributed by atoms with Crippen molar-refractivity contribution in [1.29, 1.82) is 0 Å². The molecule has 1 rings (SSSR count). The third-order valence-electron chi connectivity index (χ3n) is 2.47. The van der Waals surface area contributed by atoms with Gasteiger partial charge in [0.2, 0.25) is 5.95 Å². The van der Waals surface area contributed by atoms with Crippen LogP contribution in [0.15, 0.2) is 12.4 Å². The lowest BCUT2D eigenvalue weighted by Gasteiger charge is -2.20. The maximum absolute atomic E-state index is 12.5. The number of halogens is 1. The summed E-state index contributed by atoms with van der Waals surface area (Å²) >= 11 is 0. The van der Waals surface area contributed by atoms with E-state index in [0.717, 1.165) is 31.9 Å². The minimum absolute atomic E-state index is 0.412. The number of nitrogens with one attached hydrogen (secondary N) is 1. The summed E-state index contributed by atoms with van der Waals surface area (Å²) < 4.78 is 12.5. The first kappa shape index (κ1) is 12.8. The summed E-state index contributed by atoms with van der Waals surface area (Å²) in [6.07, 6.45) is 3.33. The standard InChI is InChI=1S/C11H19FN4/c1-9(2)16(3)6-4-5-13-11-14-7-10(12)8-15-11/h7-9H,4-6H2,1-3H3,(H,13,14,15). The van der Waals surface area contributed by atoms with E-state index in [-0.39, 0.29) is 0 Å². The average molecular weight is 226 g/mol. The average Bonchev–Trinajstić information content (AvgIpc) is 2.26. The molecule has 1 aromatic rings. The molecule has 0 saturated heterocycles. The molecule has 0 radical (unpaired) electrons. The molecule has 0 aliphatic carbocycles. The summed E-state index contributed by atoms with van der Waals surface area (Å²) in [4.78, 5) is 9.91. The molecule has 0 aromatic carbocycles. The van der Waals surface area contributed by atoms with Gasteiger partial charge < -0.3 is 10.2 Å². The normalized spacial score (nSPS) is 11.1. The fraction of sp³-hybridized carbons (Fsp3) is 0.636. The third-order valence-corrected chi connectivity index (χ3v) is 2.47. The van der Waals surface area contributed by atoms with E-state index in [1.807, 2.05) is 0 Å². The molecule has 0 spiro atoms. The second-order valence-electron chi connectivity index (χ2n) is 4.08. The lowest BCUT2D eigenvalue weighted by Crippen LogP contribution is -2.28. The van der Waals surface area contributed by atoms with Crippen LogP contribution in [0.3, 0.4) is 0 Å². The zero-order valence-corrected chi connectivity index (χ0v) is 10.1. The molecule has 4 nitrogen and oxygen atoms in total. The molecule has 1 heterocycles. The molecular formula is C11H19FN4. The Kier molecular flexibility index (Phi) is 5.11. The Balaban J connectivity index is 2.18. The predicted octanol–water partition coefficient (Wildman–Crippen LogP) is 1.76. The van der Waals surface area contributed by atoms with Gasteiger partial charge in [-0.3, -0.25) is 0 Å². The van der Waals surface area contributed by atoms with Crippen LogP contribution >= 0.6 is 0 Å². The van der Waals surface area contributed by atoms with Gasteiger partial charge in [-0.1, -0.05) is 0 Å². The number of anilines is 1. The van der Waals surface area contributed by atoms with Crippen LogP contribution in [0, 0.1) is 5.82 Å². The van der Waals surface area contributed by atoms with Crippen LogP contribution in [-0.4, -0.2) is 41.0 Å². The number of aromatic nitrogens is 2. The fourth-order valence-electron chi connectivity index (χ4n) is 1.19. The van der Waals surface area contributed by atoms with Crippen molar-refractivity contribution < 1.29 is 4.39 Å². The van der Waals surface area contributed by atoms with Gasteiger partial charge in [0.05, 0.1) is 12.4 Å². The highest BCUT2D eigenvalue weighted by Gasteiger charge is 2.02. The molecule has 0 aliphatic heterocycles. The van der Waals surface area contributed by atoms with Crippen molar-refractivity contribution in [2.75, 3.05) is 25.5 Å². The van der Waals surface area contributed by atoms with Crippen LogP contribution in [-0.2, 0) is 0 Å². The summed E-state index contributed by atoms with van der Waals surface area (Å²) in [6.45, 7) is 6.14. The first-order valence-corrected chi connectivity index (χ1v) is 5.51. The van der Waals surface area contributed by atoms with Crippen molar-refractivity contribution in [2.45, 2.75) is 26.3 Å². The highest BCUT2D eigenvalue weighted by molar-refractivity contribution is 5.21. The van der Waals surface area contributed by atoms with Crippen LogP contribution < -0.4 is 5.32 Å². The molecule has 0 aliphatic rings. The van der Waals surface area contributed by atoms with E-state index in [4.69, 9.17) is 0 Å². The summed E-state index contributed by atoms with van der Waals surface area (Å²) in [5.41, 5.74) is 0. The molecule has 5 heteroatoms. The van der Waals surface area contributed by atoms with Crippen molar-refractivity contribution in [3.05, 3.63) is 18.2 Å². The zero-order valence-electron chi connectivity index (χ0n) is 10.1. The Labute approximate surface area is 95.9 Å². The predicted molar refractivity (Wildman–Crippen MR) is 62.9 cm³/mol. The van der Waals surface area contributed by atoms with Crippen molar-refractivity contribution in [1.82, 2.24) is 14.9 Å². The molecule has 0 saturated carbocycles. The van der Waals surface area contributed by atoms with Gasteiger partial charge in [0, 0.05) is 12.6 Å². The largest absolute Gasteiger partial charge is 0.354 e. The topological polar surface area (TPSA) is 41.0 Å². The lowest BCUT2D eigenvalue weighted by molar-refractivity contribution is 0.273. The Morgan fingerprint density at radius 2 is 2.00 bits per heavy atom. The van der Waals surface area contributed by atoms with Crippen LogP contribution in [0.5, 0.6) is 0 Å². The van der Waals surface area contributed by atoms with Gasteiger partial charge in [-0.25, -0.2) is 14.4 Å². The quantitative estimate of drug-likeness (QED) is 0.750. The Morgan fingerprint density at radius 3 is 2.56 bits per heavy atom. The van der Waals surface area contributed by atoms with Gasteiger partial charge in [-0.15, -0.1) is 0 Å². The highest BCUT2D eigenvalue weighted by Crippen LogP contribution is 1.99. The molecular weight excluding hydrogens is 207 g/mol. The zero-order chi connectivity index (χ0) is 12.0. The molecule has 0 fully saturated rings. The van der Waals surface area contributed by atoms with E-state index in [1.165, 1.54) is 0 Å². The lowest BCUT2D eigenvalue weighted by atomic mass is 10.3. The monoisotopic (exact) mass is 226 g/mol. The van der Waals surface area contributed by atoms with Crippen LogP contribution in [0.1, 0.15) is 20.3 Å². The van der Waals surface area contributed by atoms with Gasteiger partial charge in [0.1, 0.15) is 0 Å². The second-order valence-corrected chi connectivity index (χ2v) is 4.08. The molecule has 16 heavy (non-hydrogen) atoms. The van der Waals surface area contributed by atoms with Crippen LogP contribution in [0.4, 0.5) is 10.3 Å². The molecule has 0 bridgehead atoms. The Bertz CT molecular complexity index is 299. The minimum Gasteiger partial charge on any atom is -0.354 e. The maximum atomic E-state index is 12.5. The van der Waals surface area contributed by atoms with Gasteiger partial charge >= 0.3 is 0 Å². The summed E-state index contributed by atoms with van der Waals surface area (Å²) in [5, 5.41) is 3.05. The van der Waals surface area contributed by atoms with Gasteiger partial charge in [-0.2, -0.15) is 0 Å². The number of nitrogens with zero attached hydrogens (tertiary/aromatic N) is 3. The Hall–Kier alpha value is -1.23. The summed E-state index contributed by atoms with van der Waals surface area (Å²) in [5.74, 6) is 0.0682. The molecule has 1 aromatic heterocycles. The van der Waals surface area contributed by atoms with E-state index in [1.54, 1.807) is 0 Å². The summed E-state index contributed by atoms with van der Waals surface area (Å²) in [7, 11) is 2.10. The fourth-order valence-corrected chi connectivity index (χ4v) is 1.19. The van der Waals surface area contributed by atoms with Crippen LogP contribution in [0.2, 0.25) is 0 Å². The molecule has 90 valence electrons. The van der Waals surface area contributed by atoms with Gasteiger partial charge in [-0.05, 0) is 33.9 Å². The van der Waals surface area contributed by atoms with Crippen molar-refractivity contribution >= 4 is 5.95 Å². The first-order valence-electron chi connectivity index (χ1n) is 5.51. The van der Waals surface area contributed by atoms with E-state index in [2.05, 4.69) is 41.1 Å². The van der Waals surface area contributed by atoms with E-state index < -0.39 is 5.82 Å². The van der Waals surface area contributed by atoms with E-state index in [0.29, 0.717) is 12.0 Å². The van der Waals surface area contributed by atoms with Crippen LogP contribution in [0.25, 0.3) is 0 Å². The number of hydrogen-bond acceptors (Lipinski definition) is 4. The SMILES string of the molecule is CC(C)N(C)CCCNc1ncc(F)cn1. The minimum atomic E-state index is -0.412. The van der Waals surface area contributed by atoms with E-state index >= 15 is 0 Å². The molecule has 0 unspecified atom stereocenters. The van der Waals surface area contributed by atoms with E-state index in [9.17, 15) is 4.39 Å². The second kappa shape index (κ2) is 6.37. The molecule has 0 atom stereocenters. The first-order chi connectivity index (χ1) is 7.59. The summed E-state index contributed by atoms with van der Waals surface area (Å²) in [6, 6.07) is 0.557. The maximum Gasteiger partial charge on any atom is 0.222 e. The van der Waals surface area contributed by atoms with Crippen molar-refractivity contribution in [3.63, 3.8) is 0 Å². The number of rotatable bonds is 6. The van der Waals surface area contributed by atoms with Gasteiger partial charge in [0.25, 0.3) is 0 Å².